The number of hydrogen-bond acceptors (Lipinski definition) is 3. The molecule has 3 aromatic carbocycles. The van der Waals surface area contributed by atoms with Gasteiger partial charge < -0.3 is 4.57 Å². The molecule has 0 N–H and O–H groups in total. The summed E-state index contributed by atoms with van der Waals surface area (Å²) in [4.78, 5) is 11.1. The summed E-state index contributed by atoms with van der Waals surface area (Å²) in [5.74, 6) is 0.610. The van der Waals surface area contributed by atoms with Crippen LogP contribution in [0.2, 0.25) is 0 Å². The Labute approximate surface area is 245 Å². The first-order valence-corrected chi connectivity index (χ1v) is 14.6. The zero-order valence-electron chi connectivity index (χ0n) is 23.8. The highest BCUT2D eigenvalue weighted by molar-refractivity contribution is 7.20. The number of aromatic nitrogens is 3. The third-order valence-corrected chi connectivity index (χ3v) is 8.04. The van der Waals surface area contributed by atoms with Crippen LogP contribution in [0.15, 0.2) is 117 Å². The number of rotatable bonds is 7. The van der Waals surface area contributed by atoms with Crippen molar-refractivity contribution in [3.63, 3.8) is 0 Å². The van der Waals surface area contributed by atoms with Gasteiger partial charge in [0.1, 0.15) is 0 Å². The molecule has 6 rings (SSSR count). The largest absolute Gasteiger partial charge is 0.306 e. The molecule has 0 spiro atoms. The average Bonchev–Trinajstić information content (AvgIpc) is 3.53. The quantitative estimate of drug-likeness (QED) is 0.185. The van der Waals surface area contributed by atoms with E-state index in [4.69, 9.17) is 9.97 Å². The second-order valence-electron chi connectivity index (χ2n) is 9.16. The standard InChI is InChI=1S/C35H27N3S.C2H6/c1-5-14-23(7-3)35-36-22-31(34(37-35)24-16-10-9-11-17-24)38-29-19-13-12-18-26(29)27-21-33-28(20-30(27)38)25(8-4)32(39-33)15-6-2;1-2/h5-22H,1,3-4H2,2H3;1-2H3/b15-6-,23-14+;. The van der Waals surface area contributed by atoms with Gasteiger partial charge in [0.05, 0.1) is 28.6 Å². The van der Waals surface area contributed by atoms with Crippen molar-refractivity contribution >= 4 is 61.0 Å². The van der Waals surface area contributed by atoms with Crippen LogP contribution in [0.3, 0.4) is 0 Å². The molecular formula is C37H33N3S. The Balaban J connectivity index is 0.00000165. The lowest BCUT2D eigenvalue weighted by Crippen LogP contribution is -2.04. The molecule has 0 amide bonds. The maximum Gasteiger partial charge on any atom is 0.159 e. The maximum atomic E-state index is 5.08. The maximum absolute atomic E-state index is 5.08. The minimum Gasteiger partial charge on any atom is -0.306 e. The van der Waals surface area contributed by atoms with Gasteiger partial charge in [-0.15, -0.1) is 11.3 Å². The molecule has 3 aromatic heterocycles. The number of nitrogens with zero attached hydrogens (tertiary/aromatic N) is 3. The third-order valence-electron chi connectivity index (χ3n) is 6.90. The first kappa shape index (κ1) is 27.8. The van der Waals surface area contributed by atoms with Gasteiger partial charge in [0.2, 0.25) is 0 Å². The average molecular weight is 552 g/mol. The van der Waals surface area contributed by atoms with Gasteiger partial charge in [-0.25, -0.2) is 9.97 Å². The van der Waals surface area contributed by atoms with Crippen LogP contribution < -0.4 is 0 Å². The molecule has 41 heavy (non-hydrogen) atoms. The fourth-order valence-corrected chi connectivity index (χ4v) is 6.39. The number of benzene rings is 3. The topological polar surface area (TPSA) is 30.7 Å². The Kier molecular flexibility index (Phi) is 8.23. The van der Waals surface area contributed by atoms with E-state index >= 15 is 0 Å². The molecule has 0 saturated heterocycles. The Morgan fingerprint density at radius 3 is 2.34 bits per heavy atom. The zero-order valence-corrected chi connectivity index (χ0v) is 24.6. The Morgan fingerprint density at radius 1 is 0.878 bits per heavy atom. The summed E-state index contributed by atoms with van der Waals surface area (Å²) < 4.78 is 3.54. The Hall–Kier alpha value is -4.80. The number of para-hydroxylation sites is 1. The summed E-state index contributed by atoms with van der Waals surface area (Å²) in [5, 5.41) is 3.58. The van der Waals surface area contributed by atoms with Gasteiger partial charge in [-0.2, -0.15) is 0 Å². The van der Waals surface area contributed by atoms with Crippen LogP contribution in [0.1, 0.15) is 37.0 Å². The van der Waals surface area contributed by atoms with Crippen LogP contribution in [0.4, 0.5) is 0 Å². The minimum atomic E-state index is 0.610. The fraction of sp³-hybridized carbons (Fsp3) is 0.0811. The summed E-state index contributed by atoms with van der Waals surface area (Å²) in [6, 6.07) is 23.4. The molecule has 4 heteroatoms. The van der Waals surface area contributed by atoms with Crippen molar-refractivity contribution in [1.82, 2.24) is 14.5 Å². The predicted octanol–water partition coefficient (Wildman–Crippen LogP) is 10.9. The van der Waals surface area contributed by atoms with Crippen LogP contribution in [-0.4, -0.2) is 14.5 Å². The number of thiophene rings is 1. The first-order valence-electron chi connectivity index (χ1n) is 13.8. The van der Waals surface area contributed by atoms with E-state index in [-0.39, 0.29) is 0 Å². The highest BCUT2D eigenvalue weighted by atomic mass is 32.1. The third kappa shape index (κ3) is 4.88. The van der Waals surface area contributed by atoms with E-state index in [1.54, 1.807) is 23.5 Å². The van der Waals surface area contributed by atoms with E-state index < -0.39 is 0 Å². The van der Waals surface area contributed by atoms with Gasteiger partial charge in [0.15, 0.2) is 5.82 Å². The Bertz CT molecular complexity index is 1970. The lowest BCUT2D eigenvalue weighted by atomic mass is 10.1. The number of fused-ring (bicyclic) bond motifs is 4. The van der Waals surface area contributed by atoms with Crippen molar-refractivity contribution in [1.29, 1.82) is 0 Å². The molecular weight excluding hydrogens is 518 g/mol. The highest BCUT2D eigenvalue weighted by Crippen LogP contribution is 2.41. The van der Waals surface area contributed by atoms with Crippen molar-refractivity contribution in [2.24, 2.45) is 0 Å². The van der Waals surface area contributed by atoms with Gasteiger partial charge in [-0.1, -0.05) is 112 Å². The molecule has 0 bridgehead atoms. The molecule has 0 radical (unpaired) electrons. The molecule has 0 unspecified atom stereocenters. The van der Waals surface area contributed by atoms with Crippen LogP contribution >= 0.6 is 11.3 Å². The van der Waals surface area contributed by atoms with Crippen LogP contribution in [0, 0.1) is 0 Å². The van der Waals surface area contributed by atoms with Crippen LogP contribution in [0.25, 0.3) is 66.6 Å². The van der Waals surface area contributed by atoms with Crippen molar-refractivity contribution < 1.29 is 0 Å². The molecule has 202 valence electrons. The zero-order chi connectivity index (χ0) is 28.9. The molecule has 0 saturated carbocycles. The van der Waals surface area contributed by atoms with E-state index in [1.807, 2.05) is 57.3 Å². The predicted molar refractivity (Wildman–Crippen MR) is 182 cm³/mol. The van der Waals surface area contributed by atoms with Crippen molar-refractivity contribution in [2.45, 2.75) is 20.8 Å². The molecule has 3 heterocycles. The summed E-state index contributed by atoms with van der Waals surface area (Å²) in [6.45, 7) is 18.0. The molecule has 0 aliphatic rings. The summed E-state index contributed by atoms with van der Waals surface area (Å²) in [6.07, 6.45) is 13.5. The normalized spacial score (nSPS) is 11.6. The smallest absolute Gasteiger partial charge is 0.159 e. The van der Waals surface area contributed by atoms with E-state index in [0.717, 1.165) is 39.1 Å². The second-order valence-corrected chi connectivity index (χ2v) is 10.2. The molecule has 3 nitrogen and oxygen atoms in total. The van der Waals surface area contributed by atoms with Gasteiger partial charge in [0.25, 0.3) is 0 Å². The molecule has 0 atom stereocenters. The molecule has 6 aromatic rings. The van der Waals surface area contributed by atoms with Crippen molar-refractivity contribution in [3.05, 3.63) is 133 Å². The van der Waals surface area contributed by atoms with Gasteiger partial charge in [0, 0.05) is 36.9 Å². The van der Waals surface area contributed by atoms with Crippen LogP contribution in [-0.2, 0) is 0 Å². The lowest BCUT2D eigenvalue weighted by molar-refractivity contribution is 1.06. The summed E-state index contributed by atoms with van der Waals surface area (Å²) >= 11 is 1.80. The lowest BCUT2D eigenvalue weighted by Gasteiger charge is -2.14. The van der Waals surface area contributed by atoms with E-state index in [1.165, 1.54) is 25.7 Å². The second kappa shape index (κ2) is 12.2. The van der Waals surface area contributed by atoms with Gasteiger partial charge in [-0.3, -0.25) is 0 Å². The van der Waals surface area contributed by atoms with E-state index in [2.05, 4.69) is 85.0 Å². The molecule has 0 fully saturated rings. The van der Waals surface area contributed by atoms with E-state index in [0.29, 0.717) is 5.82 Å². The van der Waals surface area contributed by atoms with Gasteiger partial charge in [-0.05, 0) is 36.8 Å². The van der Waals surface area contributed by atoms with Crippen LogP contribution in [0.5, 0.6) is 0 Å². The minimum absolute atomic E-state index is 0.610. The number of allylic oxidation sites excluding steroid dienone is 5. The SMILES string of the molecule is C=C/C=C(\C=C)c1ncc(-n2c3ccccc3c3cc4sc(/C=C\C)c(C=C)c4cc32)c(-c2ccccc2)n1.CC. The monoisotopic (exact) mass is 551 g/mol. The first-order chi connectivity index (χ1) is 20.2. The number of hydrogen-bond donors (Lipinski definition) is 0. The van der Waals surface area contributed by atoms with Crippen molar-refractivity contribution in [2.75, 3.05) is 0 Å². The fourth-order valence-electron chi connectivity index (χ4n) is 5.19. The van der Waals surface area contributed by atoms with E-state index in [9.17, 15) is 0 Å². The van der Waals surface area contributed by atoms with Crippen molar-refractivity contribution in [3.8, 4) is 16.9 Å². The summed E-state index contributed by atoms with van der Waals surface area (Å²) in [5.41, 5.74) is 6.98. The summed E-state index contributed by atoms with van der Waals surface area (Å²) in [7, 11) is 0. The van der Waals surface area contributed by atoms with Gasteiger partial charge >= 0.3 is 0 Å². The Morgan fingerprint density at radius 2 is 1.63 bits per heavy atom. The highest BCUT2D eigenvalue weighted by Gasteiger charge is 2.20. The molecule has 0 aliphatic heterocycles. The molecule has 0 aliphatic carbocycles.